The second-order valence-corrected chi connectivity index (χ2v) is 15.1. The lowest BCUT2D eigenvalue weighted by molar-refractivity contribution is -0.159. The molecule has 1 saturated carbocycles. The summed E-state index contributed by atoms with van der Waals surface area (Å²) in [4.78, 5) is 42.9. The maximum atomic E-state index is 14.3. The van der Waals surface area contributed by atoms with Crippen LogP contribution in [0.3, 0.4) is 0 Å². The van der Waals surface area contributed by atoms with Gasteiger partial charge in [-0.3, -0.25) is 24.0 Å². The van der Waals surface area contributed by atoms with Gasteiger partial charge in [0.25, 0.3) is 15.9 Å². The van der Waals surface area contributed by atoms with E-state index in [4.69, 9.17) is 9.47 Å². The summed E-state index contributed by atoms with van der Waals surface area (Å²) in [6, 6.07) is 8.14. The number of phenols is 1. The summed E-state index contributed by atoms with van der Waals surface area (Å²) in [5, 5.41) is 69.8. The van der Waals surface area contributed by atoms with E-state index in [9.17, 15) is 48.3 Å². The molecule has 54 heavy (non-hydrogen) atoms. The van der Waals surface area contributed by atoms with Crippen molar-refractivity contribution >= 4 is 44.8 Å². The van der Waals surface area contributed by atoms with E-state index < -0.39 is 85.0 Å². The molecule has 18 nitrogen and oxygen atoms in total. The van der Waals surface area contributed by atoms with Crippen molar-refractivity contribution in [2.75, 3.05) is 45.0 Å². The number of benzene rings is 2. The Morgan fingerprint density at radius 2 is 1.72 bits per heavy atom. The fourth-order valence-electron chi connectivity index (χ4n) is 7.51. The van der Waals surface area contributed by atoms with E-state index in [1.165, 1.54) is 88.8 Å². The molecule has 8 N–H and O–H groups in total. The Kier molecular flexibility index (Phi) is 9.55. The van der Waals surface area contributed by atoms with Crippen LogP contribution >= 0.6 is 0 Å². The maximum absolute atomic E-state index is 14.3. The molecule has 3 aliphatic rings. The number of ketones is 2. The molecule has 0 aliphatic heterocycles. The first kappa shape index (κ1) is 38.0. The highest BCUT2D eigenvalue weighted by atomic mass is 32.2. The number of likely N-dealkylation sites (N-methyl/N-ethyl adjacent to an activating group) is 1. The zero-order chi connectivity index (χ0) is 39.5. The Bertz CT molecular complexity index is 2240. The Morgan fingerprint density at radius 3 is 2.35 bits per heavy atom. The first-order valence-corrected chi connectivity index (χ1v) is 17.9. The largest absolute Gasteiger partial charge is 0.508 e. The second-order valence-electron chi connectivity index (χ2n) is 13.4. The minimum Gasteiger partial charge on any atom is -0.508 e. The summed E-state index contributed by atoms with van der Waals surface area (Å²) in [6.45, 7) is 1.02. The monoisotopic (exact) mass is 766 g/mol. The predicted octanol–water partition coefficient (Wildman–Crippen LogP) is 0.938. The number of aromatic nitrogens is 2. The van der Waals surface area contributed by atoms with Crippen LogP contribution in [-0.2, 0) is 30.0 Å². The number of phenolic OH excluding ortho intramolecular Hbond substituents is 1. The molecule has 2 aromatic carbocycles. The highest BCUT2D eigenvalue weighted by Crippen LogP contribution is 2.57. The van der Waals surface area contributed by atoms with Gasteiger partial charge in [0.15, 0.2) is 17.1 Å². The van der Waals surface area contributed by atoms with Gasteiger partial charge in [-0.2, -0.15) is 5.10 Å². The van der Waals surface area contributed by atoms with Crippen LogP contribution in [-0.4, -0.2) is 113 Å². The highest BCUT2D eigenvalue weighted by molar-refractivity contribution is 7.92. The zero-order valence-electron chi connectivity index (χ0n) is 29.6. The maximum Gasteiger partial charge on any atom is 0.263 e. The number of methoxy groups -OCH3 is 2. The topological polar surface area (TPSA) is 270 Å². The fraction of sp³-hybridized carbons (Fsp3) is 0.343. The summed E-state index contributed by atoms with van der Waals surface area (Å²) >= 11 is 0. The number of sulfonamides is 1. The minimum atomic E-state index is -4.17. The molecule has 0 saturated heterocycles. The van der Waals surface area contributed by atoms with Gasteiger partial charge in [-0.05, 0) is 63.3 Å². The number of aliphatic hydroxyl groups is 4. The fourth-order valence-corrected chi connectivity index (χ4v) is 8.51. The third kappa shape index (κ3) is 5.85. The van der Waals surface area contributed by atoms with Gasteiger partial charge in [0.05, 0.1) is 49.2 Å². The van der Waals surface area contributed by atoms with E-state index in [1.807, 2.05) is 0 Å². The first-order valence-electron chi connectivity index (χ1n) is 16.4. The van der Waals surface area contributed by atoms with Crippen LogP contribution < -0.4 is 24.8 Å². The zero-order valence-corrected chi connectivity index (χ0v) is 30.4. The number of rotatable bonds is 10. The summed E-state index contributed by atoms with van der Waals surface area (Å²) in [5.41, 5.74) is -5.86. The third-order valence-electron chi connectivity index (χ3n) is 10.1. The molecular weight excluding hydrogens is 728 g/mol. The van der Waals surface area contributed by atoms with E-state index in [1.54, 1.807) is 0 Å². The molecule has 286 valence electrons. The predicted molar refractivity (Wildman–Crippen MR) is 190 cm³/mol. The molecule has 0 spiro atoms. The van der Waals surface area contributed by atoms with E-state index in [-0.39, 0.29) is 46.4 Å². The molecule has 1 fully saturated rings. The molecule has 3 aromatic rings. The number of amides is 1. The van der Waals surface area contributed by atoms with Crippen molar-refractivity contribution in [1.82, 2.24) is 20.4 Å². The Hall–Kier alpha value is -5.76. The van der Waals surface area contributed by atoms with Crippen LogP contribution in [0.15, 0.2) is 70.5 Å². The number of hydrogen-bond donors (Lipinski definition) is 8. The number of carbonyl (C=O) groups is 3. The number of anilines is 2. The van der Waals surface area contributed by atoms with Crippen LogP contribution in [0.2, 0.25) is 0 Å². The highest BCUT2D eigenvalue weighted by Gasteiger charge is 2.66. The molecule has 0 bridgehead atoms. The number of ether oxygens (including phenoxy) is 2. The number of carbonyl (C=O) groups excluding carboxylic acids is 3. The van der Waals surface area contributed by atoms with Gasteiger partial charge in [-0.25, -0.2) is 8.42 Å². The molecule has 3 aliphatic carbocycles. The van der Waals surface area contributed by atoms with Crippen molar-refractivity contribution in [3.63, 3.8) is 0 Å². The van der Waals surface area contributed by atoms with Crippen molar-refractivity contribution in [1.29, 1.82) is 0 Å². The van der Waals surface area contributed by atoms with Gasteiger partial charge >= 0.3 is 0 Å². The van der Waals surface area contributed by atoms with Gasteiger partial charge in [-0.15, -0.1) is 5.10 Å². The summed E-state index contributed by atoms with van der Waals surface area (Å²) in [7, 11) is 1.46. The van der Waals surface area contributed by atoms with Crippen LogP contribution in [0, 0.1) is 11.8 Å². The van der Waals surface area contributed by atoms with E-state index in [2.05, 4.69) is 25.6 Å². The van der Waals surface area contributed by atoms with Crippen molar-refractivity contribution in [2.24, 2.45) is 11.8 Å². The Labute approximate surface area is 308 Å². The van der Waals surface area contributed by atoms with Crippen molar-refractivity contribution < 1.29 is 57.8 Å². The molecule has 5 atom stereocenters. The number of hydrogen-bond acceptors (Lipinski definition) is 16. The van der Waals surface area contributed by atoms with Crippen LogP contribution in [0.25, 0.3) is 5.76 Å². The molecule has 5 unspecified atom stereocenters. The Balaban J connectivity index is 1.24. The first-order chi connectivity index (χ1) is 25.4. The average molecular weight is 767 g/mol. The molecule has 6 rings (SSSR count). The molecule has 1 heterocycles. The lowest BCUT2D eigenvalue weighted by atomic mass is 9.54. The number of Topliss-reactive ketones (excluding diaryl/α,β-unsaturated/α-hetero) is 2. The van der Waals surface area contributed by atoms with Crippen LogP contribution in [0.5, 0.6) is 17.2 Å². The average Bonchev–Trinajstić information content (AvgIpc) is 3.12. The van der Waals surface area contributed by atoms with Gasteiger partial charge in [0.1, 0.15) is 22.8 Å². The molecule has 19 heteroatoms. The van der Waals surface area contributed by atoms with E-state index in [0.717, 1.165) is 0 Å². The SMILES string of the molecule is COc1cnnc(NS(=O)(=O)c2ccc(NCNC(=O)C3=C(O)C4(O)C(=O)C5=C(O)c6c(O)cccc6C(C)(O)C5CC4C(N(C)C)C3=O)cc2)c1OC. The summed E-state index contributed by atoms with van der Waals surface area (Å²) in [6.07, 6.45) is 0.973. The summed E-state index contributed by atoms with van der Waals surface area (Å²) in [5.74, 6) is -8.22. The summed E-state index contributed by atoms with van der Waals surface area (Å²) < 4.78 is 38.7. The smallest absolute Gasteiger partial charge is 0.263 e. The quantitative estimate of drug-likeness (QED) is 0.105. The van der Waals surface area contributed by atoms with Gasteiger partial charge in [0, 0.05) is 23.1 Å². The lowest BCUT2D eigenvalue weighted by Gasteiger charge is -2.53. The number of fused-ring (bicyclic) bond motifs is 3. The van der Waals surface area contributed by atoms with Crippen molar-refractivity contribution in [3.05, 3.63) is 76.7 Å². The number of aliphatic hydroxyl groups excluding tert-OH is 2. The molecule has 1 amide bonds. The molecule has 0 radical (unpaired) electrons. The van der Waals surface area contributed by atoms with Gasteiger partial charge < -0.3 is 45.6 Å². The van der Waals surface area contributed by atoms with E-state index >= 15 is 0 Å². The number of nitrogens with zero attached hydrogens (tertiary/aromatic N) is 3. The lowest BCUT2D eigenvalue weighted by Crippen LogP contribution is -2.67. The molecular formula is C35H38N6O12S. The van der Waals surface area contributed by atoms with Crippen molar-refractivity contribution in [3.8, 4) is 17.2 Å². The van der Waals surface area contributed by atoms with Crippen LogP contribution in [0.4, 0.5) is 11.5 Å². The Morgan fingerprint density at radius 1 is 1.04 bits per heavy atom. The number of aromatic hydroxyl groups is 1. The van der Waals surface area contributed by atoms with Crippen molar-refractivity contribution in [2.45, 2.75) is 35.5 Å². The van der Waals surface area contributed by atoms with E-state index in [0.29, 0.717) is 5.69 Å². The van der Waals surface area contributed by atoms with Gasteiger partial charge in [-0.1, -0.05) is 12.1 Å². The molecule has 1 aromatic heterocycles. The minimum absolute atomic E-state index is 0.0164. The van der Waals surface area contributed by atoms with Crippen LogP contribution in [0.1, 0.15) is 24.5 Å². The standard InChI is InChI=1S/C35H38N6O12S/c1-34(48)18-7-6-8-21(42)23(18)27(43)24-19(34)13-20-26(41(2)3)28(44)25(31(46)35(20,49)30(24)45)33(47)37-15-36-16-9-11-17(12-10-16)54(50,51)40-32-29(53-5)22(52-4)14-38-39-32/h6-12,14,19-20,26,36,42-43,46,48-49H,13,15H2,1-5H3,(H,37,47)(H,39,40). The third-order valence-corrected chi connectivity index (χ3v) is 11.5. The second kappa shape index (κ2) is 13.6. The number of nitrogens with one attached hydrogen (secondary N) is 3. The van der Waals surface area contributed by atoms with Gasteiger partial charge in [0.2, 0.25) is 17.4 Å². The normalized spacial score (nSPS) is 25.1.